The molecule has 0 aromatic heterocycles. The lowest BCUT2D eigenvalue weighted by atomic mass is 10.1. The van der Waals surface area contributed by atoms with Crippen LogP contribution in [0, 0.1) is 0 Å². The molecule has 0 rings (SSSR count). The van der Waals surface area contributed by atoms with Crippen LogP contribution in [0.15, 0.2) is 4.99 Å². The van der Waals surface area contributed by atoms with Gasteiger partial charge in [-0.25, -0.2) is 0 Å². The highest BCUT2D eigenvalue weighted by atomic mass is 16.1. The molecule has 1 atom stereocenters. The Morgan fingerprint density at radius 1 is 1.19 bits per heavy atom. The molecular weight excluding hydrogens is 204 g/mol. The number of aliphatic imine (C=N–C) groups is 1. The Hall–Kier alpha value is -1.10. The van der Waals surface area contributed by atoms with Crippen LogP contribution in [0.5, 0.6) is 0 Å². The van der Waals surface area contributed by atoms with Crippen LogP contribution in [-0.4, -0.2) is 24.3 Å². The Morgan fingerprint density at radius 2 is 1.62 bits per heavy atom. The molecule has 16 heavy (non-hydrogen) atoms. The lowest BCUT2D eigenvalue weighted by molar-refractivity contribution is -0.118. The quantitative estimate of drug-likeness (QED) is 0.373. The molecule has 5 heteroatoms. The zero-order valence-corrected chi connectivity index (χ0v) is 11.3. The molecule has 0 heterocycles. The van der Waals surface area contributed by atoms with Crippen LogP contribution in [0.25, 0.3) is 0 Å². The number of nitrogens with two attached hydrogens (primary N) is 3. The van der Waals surface area contributed by atoms with Crippen molar-refractivity contribution in [1.29, 1.82) is 0 Å². The minimum atomic E-state index is -0.376. The van der Waals surface area contributed by atoms with E-state index in [9.17, 15) is 4.79 Å². The molecule has 0 aromatic carbocycles. The number of ketones is 1. The predicted octanol–water partition coefficient (Wildman–Crippen LogP) is 1.01. The van der Waals surface area contributed by atoms with Crippen LogP contribution in [0.2, 0.25) is 0 Å². The van der Waals surface area contributed by atoms with Crippen LogP contribution in [-0.2, 0) is 4.79 Å². The third-order valence-corrected chi connectivity index (χ3v) is 1.49. The molecule has 0 radical (unpaired) electrons. The van der Waals surface area contributed by atoms with E-state index in [2.05, 4.69) is 4.99 Å². The van der Waals surface area contributed by atoms with Crippen molar-refractivity contribution in [3.05, 3.63) is 0 Å². The van der Waals surface area contributed by atoms with Gasteiger partial charge in [0.2, 0.25) is 0 Å². The largest absolute Gasteiger partial charge is 0.370 e. The SMILES string of the molecule is CC.CC.CC(=O)[C@H](N)CCCN=C(N)N. The first-order valence-electron chi connectivity index (χ1n) is 5.85. The minimum absolute atomic E-state index is 0.000278. The maximum atomic E-state index is 10.7. The summed E-state index contributed by atoms with van der Waals surface area (Å²) in [5, 5.41) is 0. The third-order valence-electron chi connectivity index (χ3n) is 1.49. The molecule has 0 aliphatic rings. The van der Waals surface area contributed by atoms with Crippen molar-refractivity contribution in [1.82, 2.24) is 0 Å². The van der Waals surface area contributed by atoms with Gasteiger partial charge in [0.25, 0.3) is 0 Å². The molecule has 0 aromatic rings. The number of carbonyl (C=O) groups excluding carboxylic acids is 1. The molecule has 6 N–H and O–H groups in total. The standard InChI is InChI=1S/C7H16N4O.2C2H6/c1-5(12)6(8)3-2-4-11-7(9)10;2*1-2/h6H,2-4,8H2,1H3,(H4,9,10,11);2*1-2H3/t6-;;/m1../s1. The van der Waals surface area contributed by atoms with Crippen molar-refractivity contribution >= 4 is 11.7 Å². The predicted molar refractivity (Wildman–Crippen MR) is 71.3 cm³/mol. The van der Waals surface area contributed by atoms with Gasteiger partial charge in [-0.1, -0.05) is 27.7 Å². The van der Waals surface area contributed by atoms with Crippen molar-refractivity contribution in [2.45, 2.75) is 53.5 Å². The van der Waals surface area contributed by atoms with Crippen LogP contribution in [0.3, 0.4) is 0 Å². The van der Waals surface area contributed by atoms with Gasteiger partial charge in [-0.15, -0.1) is 0 Å². The van der Waals surface area contributed by atoms with E-state index in [1.54, 1.807) is 0 Å². The first kappa shape index (κ1) is 20.3. The summed E-state index contributed by atoms with van der Waals surface area (Å²) in [6.45, 7) is 10.0. The Morgan fingerprint density at radius 3 is 1.94 bits per heavy atom. The smallest absolute Gasteiger partial charge is 0.185 e. The highest BCUT2D eigenvalue weighted by molar-refractivity contribution is 5.81. The average molecular weight is 232 g/mol. The first-order chi connectivity index (χ1) is 7.54. The summed E-state index contributed by atoms with van der Waals surface area (Å²) >= 11 is 0. The second-order valence-corrected chi connectivity index (χ2v) is 2.67. The van der Waals surface area contributed by atoms with Crippen LogP contribution in [0.1, 0.15) is 47.5 Å². The fourth-order valence-corrected chi connectivity index (χ4v) is 0.723. The third kappa shape index (κ3) is 18.6. The number of rotatable bonds is 5. The van der Waals surface area contributed by atoms with Gasteiger partial charge in [-0.3, -0.25) is 9.79 Å². The zero-order chi connectivity index (χ0) is 13.6. The van der Waals surface area contributed by atoms with Crippen molar-refractivity contribution in [3.63, 3.8) is 0 Å². The van der Waals surface area contributed by atoms with Crippen molar-refractivity contribution in [2.75, 3.05) is 6.54 Å². The molecule has 0 spiro atoms. The van der Waals surface area contributed by atoms with Crippen LogP contribution >= 0.6 is 0 Å². The van der Waals surface area contributed by atoms with E-state index in [1.807, 2.05) is 27.7 Å². The summed E-state index contributed by atoms with van der Waals surface area (Å²) in [5.74, 6) is 0.0751. The highest BCUT2D eigenvalue weighted by Crippen LogP contribution is 1.95. The fourth-order valence-electron chi connectivity index (χ4n) is 0.723. The lowest BCUT2D eigenvalue weighted by Crippen LogP contribution is -2.28. The van der Waals surface area contributed by atoms with E-state index >= 15 is 0 Å². The summed E-state index contributed by atoms with van der Waals surface area (Å²) in [6.07, 6.45) is 1.37. The maximum Gasteiger partial charge on any atom is 0.185 e. The van der Waals surface area contributed by atoms with Crippen molar-refractivity contribution < 1.29 is 4.79 Å². The number of nitrogens with zero attached hydrogens (tertiary/aromatic N) is 1. The molecule has 0 saturated heterocycles. The molecule has 0 bridgehead atoms. The van der Waals surface area contributed by atoms with E-state index < -0.39 is 0 Å². The normalized spacial score (nSPS) is 9.88. The van der Waals surface area contributed by atoms with Gasteiger partial charge in [0.1, 0.15) is 5.78 Å². The number of hydrogen-bond acceptors (Lipinski definition) is 3. The molecule has 0 amide bonds. The Bertz CT molecular complexity index is 177. The first-order valence-corrected chi connectivity index (χ1v) is 5.85. The highest BCUT2D eigenvalue weighted by Gasteiger charge is 2.05. The maximum absolute atomic E-state index is 10.7. The van der Waals surface area contributed by atoms with Gasteiger partial charge in [0.15, 0.2) is 5.96 Å². The van der Waals surface area contributed by atoms with E-state index in [1.165, 1.54) is 6.92 Å². The van der Waals surface area contributed by atoms with Gasteiger partial charge in [-0.2, -0.15) is 0 Å². The van der Waals surface area contributed by atoms with Crippen LogP contribution in [0.4, 0.5) is 0 Å². The second-order valence-electron chi connectivity index (χ2n) is 2.67. The number of carbonyl (C=O) groups is 1. The molecule has 5 nitrogen and oxygen atoms in total. The van der Waals surface area contributed by atoms with Gasteiger partial charge >= 0.3 is 0 Å². The molecule has 0 unspecified atom stereocenters. The molecule has 0 saturated carbocycles. The van der Waals surface area contributed by atoms with E-state index in [4.69, 9.17) is 17.2 Å². The van der Waals surface area contributed by atoms with Crippen molar-refractivity contribution in [2.24, 2.45) is 22.2 Å². The average Bonchev–Trinajstić information content (AvgIpc) is 2.29. The number of Topliss-reactive ketones (excluding diaryl/α,β-unsaturated/α-hetero) is 1. The van der Waals surface area contributed by atoms with E-state index in [-0.39, 0.29) is 17.8 Å². The molecular formula is C11H28N4O. The van der Waals surface area contributed by atoms with E-state index in [0.29, 0.717) is 13.0 Å². The summed E-state index contributed by atoms with van der Waals surface area (Å²) in [5.41, 5.74) is 15.7. The summed E-state index contributed by atoms with van der Waals surface area (Å²) in [4.78, 5) is 14.4. The Labute approximate surface area is 99.5 Å². The molecule has 0 aliphatic carbocycles. The molecule has 0 fully saturated rings. The number of hydrogen-bond donors (Lipinski definition) is 3. The summed E-state index contributed by atoms with van der Waals surface area (Å²) in [6, 6.07) is -0.376. The van der Waals surface area contributed by atoms with Gasteiger partial charge < -0.3 is 17.2 Å². The van der Waals surface area contributed by atoms with E-state index in [0.717, 1.165) is 6.42 Å². The zero-order valence-electron chi connectivity index (χ0n) is 11.3. The minimum Gasteiger partial charge on any atom is -0.370 e. The monoisotopic (exact) mass is 232 g/mol. The lowest BCUT2D eigenvalue weighted by Gasteiger charge is -2.04. The summed E-state index contributed by atoms with van der Waals surface area (Å²) < 4.78 is 0. The van der Waals surface area contributed by atoms with Crippen molar-refractivity contribution in [3.8, 4) is 0 Å². The Balaban J connectivity index is -0.000000376. The van der Waals surface area contributed by atoms with Gasteiger partial charge in [0.05, 0.1) is 6.04 Å². The summed E-state index contributed by atoms with van der Waals surface area (Å²) in [7, 11) is 0. The number of guanidine groups is 1. The second kappa shape index (κ2) is 16.3. The molecule has 0 aliphatic heterocycles. The van der Waals surface area contributed by atoms with Gasteiger partial charge in [0, 0.05) is 6.54 Å². The van der Waals surface area contributed by atoms with Gasteiger partial charge in [-0.05, 0) is 19.8 Å². The van der Waals surface area contributed by atoms with Crippen LogP contribution < -0.4 is 17.2 Å². The topological polar surface area (TPSA) is 107 Å². The fraction of sp³-hybridized carbons (Fsp3) is 0.818. The Kier molecular flexibility index (Phi) is 20.8. The molecule has 98 valence electrons.